The molecule has 3 rings (SSSR count). The SMILES string of the molecule is NC(=O)NCc1ccc(C(=O)N2CCN(CC(=O)Nc3ccccc3Cl)CC2)cc1. The van der Waals surface area contributed by atoms with E-state index >= 15 is 0 Å². The zero-order chi connectivity index (χ0) is 21.5. The third kappa shape index (κ3) is 5.95. The lowest BCUT2D eigenvalue weighted by Gasteiger charge is -2.34. The summed E-state index contributed by atoms with van der Waals surface area (Å²) >= 11 is 6.07. The first-order chi connectivity index (χ1) is 14.4. The van der Waals surface area contributed by atoms with E-state index in [0.29, 0.717) is 49.0 Å². The molecule has 1 aliphatic rings. The normalized spacial score (nSPS) is 14.2. The van der Waals surface area contributed by atoms with Crippen LogP contribution in [0.1, 0.15) is 15.9 Å². The first-order valence-corrected chi connectivity index (χ1v) is 9.98. The number of hydrogen-bond donors (Lipinski definition) is 3. The van der Waals surface area contributed by atoms with Crippen LogP contribution in [0.3, 0.4) is 0 Å². The van der Waals surface area contributed by atoms with Crippen LogP contribution in [0, 0.1) is 0 Å². The van der Waals surface area contributed by atoms with Gasteiger partial charge in [0.1, 0.15) is 0 Å². The monoisotopic (exact) mass is 429 g/mol. The molecule has 158 valence electrons. The highest BCUT2D eigenvalue weighted by atomic mass is 35.5. The molecule has 1 aliphatic heterocycles. The standard InChI is InChI=1S/C21H24ClN5O3/c22-17-3-1-2-4-18(17)25-19(28)14-26-9-11-27(12-10-26)20(29)16-7-5-15(6-8-16)13-24-21(23)30/h1-8H,9-14H2,(H,25,28)(H3,23,24,30). The van der Waals surface area contributed by atoms with Crippen molar-refractivity contribution in [1.29, 1.82) is 0 Å². The van der Waals surface area contributed by atoms with Gasteiger partial charge in [-0.15, -0.1) is 0 Å². The number of rotatable bonds is 6. The zero-order valence-corrected chi connectivity index (χ0v) is 17.2. The van der Waals surface area contributed by atoms with Crippen molar-refractivity contribution in [2.75, 3.05) is 38.0 Å². The van der Waals surface area contributed by atoms with Gasteiger partial charge in [-0.1, -0.05) is 35.9 Å². The van der Waals surface area contributed by atoms with Crippen LogP contribution in [0.4, 0.5) is 10.5 Å². The smallest absolute Gasteiger partial charge is 0.312 e. The number of halogens is 1. The molecule has 0 bridgehead atoms. The Hall–Kier alpha value is -3.10. The minimum atomic E-state index is -0.589. The maximum absolute atomic E-state index is 12.7. The van der Waals surface area contributed by atoms with E-state index in [0.717, 1.165) is 5.56 Å². The van der Waals surface area contributed by atoms with Crippen molar-refractivity contribution >= 4 is 35.1 Å². The Labute approximate surface area is 180 Å². The Bertz CT molecular complexity index is 911. The highest BCUT2D eigenvalue weighted by Gasteiger charge is 2.23. The number of nitrogens with two attached hydrogens (primary N) is 1. The van der Waals surface area contributed by atoms with Crippen molar-refractivity contribution in [3.63, 3.8) is 0 Å². The van der Waals surface area contributed by atoms with Gasteiger partial charge < -0.3 is 21.3 Å². The van der Waals surface area contributed by atoms with Crippen molar-refractivity contribution in [3.8, 4) is 0 Å². The molecule has 9 heteroatoms. The molecule has 0 aromatic heterocycles. The molecule has 1 heterocycles. The maximum atomic E-state index is 12.7. The molecule has 0 aliphatic carbocycles. The first-order valence-electron chi connectivity index (χ1n) is 9.60. The fourth-order valence-corrected chi connectivity index (χ4v) is 3.38. The van der Waals surface area contributed by atoms with E-state index in [1.165, 1.54) is 0 Å². The van der Waals surface area contributed by atoms with Crippen molar-refractivity contribution in [1.82, 2.24) is 15.1 Å². The summed E-state index contributed by atoms with van der Waals surface area (Å²) in [7, 11) is 0. The number of anilines is 1. The summed E-state index contributed by atoms with van der Waals surface area (Å²) in [6.45, 7) is 2.88. The van der Waals surface area contributed by atoms with E-state index in [4.69, 9.17) is 17.3 Å². The Morgan fingerprint density at radius 2 is 1.63 bits per heavy atom. The van der Waals surface area contributed by atoms with E-state index < -0.39 is 6.03 Å². The molecule has 0 saturated carbocycles. The Morgan fingerprint density at radius 3 is 2.27 bits per heavy atom. The van der Waals surface area contributed by atoms with Gasteiger partial charge in [-0.3, -0.25) is 14.5 Å². The fraction of sp³-hybridized carbons (Fsp3) is 0.286. The molecule has 30 heavy (non-hydrogen) atoms. The molecule has 2 aromatic carbocycles. The number of piperazine rings is 1. The number of nitrogens with one attached hydrogen (secondary N) is 2. The molecule has 2 aromatic rings. The lowest BCUT2D eigenvalue weighted by molar-refractivity contribution is -0.117. The molecular weight excluding hydrogens is 406 g/mol. The second-order valence-electron chi connectivity index (χ2n) is 7.01. The summed E-state index contributed by atoms with van der Waals surface area (Å²) in [6.07, 6.45) is 0. The van der Waals surface area contributed by atoms with E-state index in [1.807, 2.05) is 11.0 Å². The predicted octanol–water partition coefficient (Wildman–Crippen LogP) is 1.90. The number of hydrogen-bond acceptors (Lipinski definition) is 4. The van der Waals surface area contributed by atoms with Gasteiger partial charge in [0.15, 0.2) is 0 Å². The number of carbonyl (C=O) groups excluding carboxylic acids is 3. The van der Waals surface area contributed by atoms with Crippen molar-refractivity contribution < 1.29 is 14.4 Å². The molecule has 0 radical (unpaired) electrons. The van der Waals surface area contributed by atoms with E-state index in [1.54, 1.807) is 47.4 Å². The second kappa shape index (κ2) is 10.1. The van der Waals surface area contributed by atoms with Gasteiger partial charge in [0, 0.05) is 38.3 Å². The van der Waals surface area contributed by atoms with Crippen LogP contribution in [-0.4, -0.2) is 60.4 Å². The van der Waals surface area contributed by atoms with Gasteiger partial charge in [0.25, 0.3) is 5.91 Å². The lowest BCUT2D eigenvalue weighted by Crippen LogP contribution is -2.50. The van der Waals surface area contributed by atoms with Crippen LogP contribution in [-0.2, 0) is 11.3 Å². The zero-order valence-electron chi connectivity index (χ0n) is 16.4. The van der Waals surface area contributed by atoms with Gasteiger partial charge in [-0.25, -0.2) is 4.79 Å². The topological polar surface area (TPSA) is 108 Å². The number of benzene rings is 2. The summed E-state index contributed by atoms with van der Waals surface area (Å²) in [5.74, 6) is -0.187. The van der Waals surface area contributed by atoms with Crippen LogP contribution in [0.25, 0.3) is 0 Å². The van der Waals surface area contributed by atoms with Crippen molar-refractivity contribution in [2.24, 2.45) is 5.73 Å². The average Bonchev–Trinajstić information content (AvgIpc) is 2.74. The van der Waals surface area contributed by atoms with Crippen molar-refractivity contribution in [3.05, 3.63) is 64.7 Å². The molecule has 1 fully saturated rings. The first kappa shape index (κ1) is 21.6. The summed E-state index contributed by atoms with van der Waals surface area (Å²) in [6, 6.07) is 13.6. The Kier molecular flexibility index (Phi) is 7.26. The summed E-state index contributed by atoms with van der Waals surface area (Å²) in [4.78, 5) is 39.5. The lowest BCUT2D eigenvalue weighted by atomic mass is 10.1. The van der Waals surface area contributed by atoms with Gasteiger partial charge in [0.05, 0.1) is 17.3 Å². The highest BCUT2D eigenvalue weighted by molar-refractivity contribution is 6.33. The van der Waals surface area contributed by atoms with Crippen LogP contribution in [0.2, 0.25) is 5.02 Å². The Balaban J connectivity index is 1.46. The van der Waals surface area contributed by atoms with Gasteiger partial charge >= 0.3 is 6.03 Å². The fourth-order valence-electron chi connectivity index (χ4n) is 3.20. The second-order valence-corrected chi connectivity index (χ2v) is 7.42. The summed E-state index contributed by atoms with van der Waals surface area (Å²) in [5.41, 5.74) is 7.09. The third-order valence-electron chi connectivity index (χ3n) is 4.84. The highest BCUT2D eigenvalue weighted by Crippen LogP contribution is 2.20. The van der Waals surface area contributed by atoms with Gasteiger partial charge in [-0.2, -0.15) is 0 Å². The van der Waals surface area contributed by atoms with E-state index in [2.05, 4.69) is 10.6 Å². The predicted molar refractivity (Wildman–Crippen MR) is 115 cm³/mol. The number of primary amides is 1. The third-order valence-corrected chi connectivity index (χ3v) is 5.17. The van der Waals surface area contributed by atoms with Crippen molar-refractivity contribution in [2.45, 2.75) is 6.54 Å². The number of nitrogens with zero attached hydrogens (tertiary/aromatic N) is 2. The molecule has 8 nitrogen and oxygen atoms in total. The van der Waals surface area contributed by atoms with Crippen LogP contribution in [0.15, 0.2) is 48.5 Å². The number of carbonyl (C=O) groups is 3. The molecule has 0 atom stereocenters. The van der Waals surface area contributed by atoms with Crippen LogP contribution in [0.5, 0.6) is 0 Å². The summed E-state index contributed by atoms with van der Waals surface area (Å²) in [5, 5.41) is 5.82. The molecule has 4 N–H and O–H groups in total. The van der Waals surface area contributed by atoms with Gasteiger partial charge in [-0.05, 0) is 29.8 Å². The molecular formula is C21H24ClN5O3. The number of para-hydroxylation sites is 1. The summed E-state index contributed by atoms with van der Waals surface area (Å²) < 4.78 is 0. The largest absolute Gasteiger partial charge is 0.352 e. The van der Waals surface area contributed by atoms with Crippen LogP contribution < -0.4 is 16.4 Å². The van der Waals surface area contributed by atoms with Gasteiger partial charge in [0.2, 0.25) is 5.91 Å². The maximum Gasteiger partial charge on any atom is 0.312 e. The number of amides is 4. The molecule has 1 saturated heterocycles. The molecule has 0 unspecified atom stereocenters. The minimum Gasteiger partial charge on any atom is -0.352 e. The number of urea groups is 1. The Morgan fingerprint density at radius 1 is 0.967 bits per heavy atom. The van der Waals surface area contributed by atoms with Crippen LogP contribution >= 0.6 is 11.6 Å². The average molecular weight is 430 g/mol. The molecule has 0 spiro atoms. The van der Waals surface area contributed by atoms with E-state index in [-0.39, 0.29) is 18.4 Å². The quantitative estimate of drug-likeness (QED) is 0.651. The minimum absolute atomic E-state index is 0.0513. The van der Waals surface area contributed by atoms with E-state index in [9.17, 15) is 14.4 Å². The molecule has 4 amide bonds.